The highest BCUT2D eigenvalue weighted by atomic mass is 35.5. The molecule has 1 fully saturated rings. The Morgan fingerprint density at radius 3 is 2.35 bits per heavy atom. The Morgan fingerprint density at radius 1 is 1.13 bits per heavy atom. The normalized spacial score (nSPS) is 16.5. The van der Waals surface area contributed by atoms with E-state index in [9.17, 15) is 23.2 Å². The van der Waals surface area contributed by atoms with Gasteiger partial charge in [-0.25, -0.2) is 13.9 Å². The summed E-state index contributed by atoms with van der Waals surface area (Å²) in [6.07, 6.45) is 5.82. The largest absolute Gasteiger partial charge is 0.342 e. The van der Waals surface area contributed by atoms with Gasteiger partial charge in [0, 0.05) is 30.9 Å². The molecule has 1 aliphatic heterocycles. The van der Waals surface area contributed by atoms with Crippen LogP contribution in [0.3, 0.4) is 0 Å². The lowest BCUT2D eigenvalue weighted by atomic mass is 9.85. The van der Waals surface area contributed by atoms with Crippen LogP contribution in [-0.4, -0.2) is 62.1 Å². The second-order valence-corrected chi connectivity index (χ2v) is 10.7. The molecule has 10 heteroatoms. The number of sulfone groups is 1. The van der Waals surface area contributed by atoms with E-state index >= 15 is 0 Å². The van der Waals surface area contributed by atoms with Gasteiger partial charge in [0.05, 0.1) is 17.7 Å². The topological polar surface area (TPSA) is 116 Å². The average molecular weight is 474 g/mol. The first-order valence-electron chi connectivity index (χ1n) is 10.6. The lowest BCUT2D eigenvalue weighted by molar-refractivity contribution is -0.146. The van der Waals surface area contributed by atoms with E-state index in [2.05, 4.69) is 5.32 Å². The molecule has 1 aromatic carbocycles. The Kier molecular flexibility index (Phi) is 10.2. The quantitative estimate of drug-likeness (QED) is 0.334. The van der Waals surface area contributed by atoms with Crippen molar-refractivity contribution in [1.82, 2.24) is 15.7 Å². The molecule has 0 bridgehead atoms. The molecule has 0 spiro atoms. The van der Waals surface area contributed by atoms with Gasteiger partial charge in [0.15, 0.2) is 9.84 Å². The van der Waals surface area contributed by atoms with Crippen molar-refractivity contribution in [2.24, 2.45) is 11.8 Å². The SMILES string of the molecule is CS(=O)(=O)CNCC(C(=O)NO)C(CCCc1ccc(Cl)cc1)C(=O)N1CCCCC1. The van der Waals surface area contributed by atoms with Crippen LogP contribution in [-0.2, 0) is 25.8 Å². The number of carbonyl (C=O) groups excluding carboxylic acids is 2. The average Bonchev–Trinajstić information content (AvgIpc) is 2.75. The molecule has 1 saturated heterocycles. The molecule has 2 unspecified atom stereocenters. The molecule has 1 aliphatic rings. The molecule has 1 aromatic rings. The molecule has 0 aliphatic carbocycles. The Morgan fingerprint density at radius 2 is 1.77 bits per heavy atom. The van der Waals surface area contributed by atoms with Crippen molar-refractivity contribution in [3.05, 3.63) is 34.9 Å². The van der Waals surface area contributed by atoms with E-state index in [-0.39, 0.29) is 18.3 Å². The number of carbonyl (C=O) groups is 2. The molecule has 3 N–H and O–H groups in total. The highest BCUT2D eigenvalue weighted by molar-refractivity contribution is 7.90. The molecule has 2 atom stereocenters. The van der Waals surface area contributed by atoms with E-state index in [1.165, 1.54) is 0 Å². The number of piperidine rings is 1. The van der Waals surface area contributed by atoms with Crippen molar-refractivity contribution in [1.29, 1.82) is 0 Å². The van der Waals surface area contributed by atoms with Crippen LogP contribution in [0.2, 0.25) is 5.02 Å². The summed E-state index contributed by atoms with van der Waals surface area (Å²) in [5.41, 5.74) is 2.73. The van der Waals surface area contributed by atoms with Crippen LogP contribution >= 0.6 is 11.6 Å². The molecule has 2 rings (SSSR count). The Bertz CT molecular complexity index is 826. The van der Waals surface area contributed by atoms with Gasteiger partial charge in [-0.05, 0) is 56.2 Å². The number of halogens is 1. The minimum absolute atomic E-state index is 0.0232. The molecule has 0 saturated carbocycles. The molecule has 2 amide bonds. The summed E-state index contributed by atoms with van der Waals surface area (Å²) in [7, 11) is -3.29. The van der Waals surface area contributed by atoms with E-state index < -0.39 is 27.6 Å². The predicted molar refractivity (Wildman–Crippen MR) is 119 cm³/mol. The highest BCUT2D eigenvalue weighted by Crippen LogP contribution is 2.25. The number of benzene rings is 1. The number of nitrogens with zero attached hydrogens (tertiary/aromatic N) is 1. The van der Waals surface area contributed by atoms with Gasteiger partial charge in [0.1, 0.15) is 0 Å². The number of hydrogen-bond donors (Lipinski definition) is 3. The lowest BCUT2D eigenvalue weighted by Gasteiger charge is -2.33. The summed E-state index contributed by atoms with van der Waals surface area (Å²) in [6, 6.07) is 7.47. The number of hydroxylamine groups is 1. The molecule has 0 aromatic heterocycles. The van der Waals surface area contributed by atoms with Crippen molar-refractivity contribution in [2.45, 2.75) is 38.5 Å². The fourth-order valence-electron chi connectivity index (χ4n) is 3.92. The van der Waals surface area contributed by atoms with Gasteiger partial charge in [-0.15, -0.1) is 0 Å². The van der Waals surface area contributed by atoms with Gasteiger partial charge >= 0.3 is 0 Å². The monoisotopic (exact) mass is 473 g/mol. The predicted octanol–water partition coefficient (Wildman–Crippen LogP) is 2.00. The molecule has 31 heavy (non-hydrogen) atoms. The molecular weight excluding hydrogens is 442 g/mol. The first-order valence-corrected chi connectivity index (χ1v) is 13.0. The van der Waals surface area contributed by atoms with Crippen LogP contribution in [0.15, 0.2) is 24.3 Å². The van der Waals surface area contributed by atoms with Crippen LogP contribution in [0, 0.1) is 11.8 Å². The van der Waals surface area contributed by atoms with E-state index in [4.69, 9.17) is 11.6 Å². The van der Waals surface area contributed by atoms with Gasteiger partial charge in [-0.3, -0.25) is 14.8 Å². The van der Waals surface area contributed by atoms with Gasteiger partial charge < -0.3 is 10.2 Å². The third-order valence-electron chi connectivity index (χ3n) is 5.54. The number of aryl methyl sites for hydroxylation is 1. The van der Waals surface area contributed by atoms with Crippen LogP contribution in [0.1, 0.15) is 37.7 Å². The second kappa shape index (κ2) is 12.4. The first kappa shape index (κ1) is 25.6. The summed E-state index contributed by atoms with van der Waals surface area (Å²) in [6.45, 7) is 1.28. The molecule has 8 nitrogen and oxygen atoms in total. The van der Waals surface area contributed by atoms with E-state index in [0.717, 1.165) is 31.1 Å². The smallest absolute Gasteiger partial charge is 0.248 e. The maximum absolute atomic E-state index is 13.3. The van der Waals surface area contributed by atoms with Gasteiger partial charge in [-0.1, -0.05) is 23.7 Å². The fourth-order valence-corrected chi connectivity index (χ4v) is 4.54. The van der Waals surface area contributed by atoms with Gasteiger partial charge in [-0.2, -0.15) is 0 Å². The number of nitrogens with one attached hydrogen (secondary N) is 2. The maximum Gasteiger partial charge on any atom is 0.248 e. The van der Waals surface area contributed by atoms with Crippen LogP contribution in [0.25, 0.3) is 0 Å². The number of amides is 2. The Labute approximate surface area is 189 Å². The van der Waals surface area contributed by atoms with Crippen molar-refractivity contribution in [3.8, 4) is 0 Å². The lowest BCUT2D eigenvalue weighted by Crippen LogP contribution is -2.48. The van der Waals surface area contributed by atoms with Crippen molar-refractivity contribution >= 4 is 33.3 Å². The second-order valence-electron chi connectivity index (χ2n) is 8.12. The minimum atomic E-state index is -3.29. The van der Waals surface area contributed by atoms with Crippen LogP contribution in [0.4, 0.5) is 0 Å². The summed E-state index contributed by atoms with van der Waals surface area (Å²) in [5.74, 6) is -2.66. The molecule has 0 radical (unpaired) electrons. The molecule has 1 heterocycles. The van der Waals surface area contributed by atoms with E-state index in [0.29, 0.717) is 37.4 Å². The number of likely N-dealkylation sites (tertiary alicyclic amines) is 1. The zero-order valence-corrected chi connectivity index (χ0v) is 19.4. The maximum atomic E-state index is 13.3. The van der Waals surface area contributed by atoms with Crippen LogP contribution in [0.5, 0.6) is 0 Å². The third-order valence-corrected chi connectivity index (χ3v) is 6.52. The summed E-state index contributed by atoms with van der Waals surface area (Å²) >= 11 is 5.93. The molecular formula is C21H32ClN3O5S. The zero-order chi connectivity index (χ0) is 22.9. The standard InChI is InChI=1S/C21H32ClN3O5S/c1-31(29,30)15-23-14-19(20(26)24-28)18(21(27)25-12-3-2-4-13-25)7-5-6-16-8-10-17(22)11-9-16/h8-11,18-19,23,28H,2-7,12-15H2,1H3,(H,24,26). The third kappa shape index (κ3) is 8.76. The number of hydrogen-bond acceptors (Lipinski definition) is 6. The van der Waals surface area contributed by atoms with Crippen LogP contribution < -0.4 is 10.8 Å². The van der Waals surface area contributed by atoms with Crippen molar-refractivity contribution in [2.75, 3.05) is 31.8 Å². The Balaban J connectivity index is 2.13. The highest BCUT2D eigenvalue weighted by Gasteiger charge is 2.36. The minimum Gasteiger partial charge on any atom is -0.342 e. The van der Waals surface area contributed by atoms with Gasteiger partial charge in [0.2, 0.25) is 11.8 Å². The Hall–Kier alpha value is -1.68. The van der Waals surface area contributed by atoms with Crippen molar-refractivity contribution in [3.63, 3.8) is 0 Å². The zero-order valence-electron chi connectivity index (χ0n) is 17.8. The van der Waals surface area contributed by atoms with Crippen molar-refractivity contribution < 1.29 is 23.2 Å². The summed E-state index contributed by atoms with van der Waals surface area (Å²) in [4.78, 5) is 27.5. The summed E-state index contributed by atoms with van der Waals surface area (Å²) in [5, 5.41) is 12.7. The fraction of sp³-hybridized carbons (Fsp3) is 0.619. The summed E-state index contributed by atoms with van der Waals surface area (Å²) < 4.78 is 22.9. The number of rotatable bonds is 11. The van der Waals surface area contributed by atoms with Gasteiger partial charge in [0.25, 0.3) is 0 Å². The van der Waals surface area contributed by atoms with E-state index in [1.807, 2.05) is 24.3 Å². The van der Waals surface area contributed by atoms with E-state index in [1.54, 1.807) is 10.4 Å². The molecule has 174 valence electrons. The first-order chi connectivity index (χ1) is 14.7.